The van der Waals surface area contributed by atoms with Gasteiger partial charge in [-0.25, -0.2) is 0 Å². The van der Waals surface area contributed by atoms with Gasteiger partial charge in [0.05, 0.1) is 23.5 Å². The summed E-state index contributed by atoms with van der Waals surface area (Å²) < 4.78 is 5.84. The Hall–Kier alpha value is -1.00. The average molecular weight is 235 g/mol. The fourth-order valence-electron chi connectivity index (χ4n) is 2.81. The molecule has 0 bridgehead atoms. The second-order valence-electron chi connectivity index (χ2n) is 4.60. The van der Waals surface area contributed by atoms with Crippen LogP contribution in [0, 0.1) is 0 Å². The van der Waals surface area contributed by atoms with Gasteiger partial charge in [0.15, 0.2) is 0 Å². The molecule has 1 unspecified atom stereocenters. The van der Waals surface area contributed by atoms with E-state index in [2.05, 4.69) is 22.2 Å². The van der Waals surface area contributed by atoms with E-state index in [0.717, 1.165) is 25.1 Å². The molecule has 1 atom stereocenters. The Bertz CT molecular complexity index is 336. The molecule has 2 rings (SSSR count). The Morgan fingerprint density at radius 2 is 2.18 bits per heavy atom. The number of rotatable bonds is 5. The highest BCUT2D eigenvalue weighted by Crippen LogP contribution is 2.41. The molecule has 17 heavy (non-hydrogen) atoms. The van der Waals surface area contributed by atoms with Crippen LogP contribution in [0.5, 0.6) is 0 Å². The monoisotopic (exact) mass is 235 g/mol. The van der Waals surface area contributed by atoms with E-state index in [4.69, 9.17) is 4.74 Å². The van der Waals surface area contributed by atoms with Crippen LogP contribution in [0.2, 0.25) is 0 Å². The maximum atomic E-state index is 5.84. The van der Waals surface area contributed by atoms with E-state index in [1.165, 1.54) is 12.8 Å². The standard InChI is InChI=1S/C13H21N3O/c1-3-15-12(11-10-14-8-9-16-11)13(17-2)6-4-5-7-13/h8-10,12,15H,3-7H2,1-2H3. The molecule has 0 aliphatic heterocycles. The van der Waals surface area contributed by atoms with E-state index in [9.17, 15) is 0 Å². The molecule has 4 heteroatoms. The van der Waals surface area contributed by atoms with Crippen LogP contribution in [0.15, 0.2) is 18.6 Å². The van der Waals surface area contributed by atoms with Crippen molar-refractivity contribution in [3.05, 3.63) is 24.3 Å². The highest BCUT2D eigenvalue weighted by Gasteiger charge is 2.42. The van der Waals surface area contributed by atoms with E-state index >= 15 is 0 Å². The predicted octanol–water partition coefficient (Wildman–Crippen LogP) is 2.09. The molecule has 0 spiro atoms. The van der Waals surface area contributed by atoms with E-state index in [-0.39, 0.29) is 11.6 Å². The molecule has 1 aromatic heterocycles. The lowest BCUT2D eigenvalue weighted by molar-refractivity contribution is -0.0376. The average Bonchev–Trinajstić information content (AvgIpc) is 2.87. The Kier molecular flexibility index (Phi) is 4.07. The molecule has 0 radical (unpaired) electrons. The summed E-state index contributed by atoms with van der Waals surface area (Å²) >= 11 is 0. The summed E-state index contributed by atoms with van der Waals surface area (Å²) in [5, 5.41) is 3.51. The first-order chi connectivity index (χ1) is 8.32. The summed E-state index contributed by atoms with van der Waals surface area (Å²) in [4.78, 5) is 8.60. The van der Waals surface area contributed by atoms with Gasteiger partial charge in [-0.05, 0) is 19.4 Å². The molecule has 4 nitrogen and oxygen atoms in total. The Labute approximate surface area is 103 Å². The minimum Gasteiger partial charge on any atom is -0.376 e. The second-order valence-corrected chi connectivity index (χ2v) is 4.60. The smallest absolute Gasteiger partial charge is 0.0888 e. The minimum absolute atomic E-state index is 0.105. The highest BCUT2D eigenvalue weighted by molar-refractivity contribution is 5.11. The molecule has 0 aromatic carbocycles. The van der Waals surface area contributed by atoms with Gasteiger partial charge >= 0.3 is 0 Å². The van der Waals surface area contributed by atoms with Crippen molar-refractivity contribution in [2.75, 3.05) is 13.7 Å². The largest absolute Gasteiger partial charge is 0.376 e. The summed E-state index contributed by atoms with van der Waals surface area (Å²) in [6, 6.07) is 0.147. The summed E-state index contributed by atoms with van der Waals surface area (Å²) in [7, 11) is 1.81. The number of aromatic nitrogens is 2. The van der Waals surface area contributed by atoms with Gasteiger partial charge in [-0.2, -0.15) is 0 Å². The van der Waals surface area contributed by atoms with Crippen LogP contribution in [-0.2, 0) is 4.74 Å². The van der Waals surface area contributed by atoms with Gasteiger partial charge in [-0.15, -0.1) is 0 Å². The molecular formula is C13H21N3O. The number of ether oxygens (including phenoxy) is 1. The third-order valence-electron chi connectivity index (χ3n) is 3.67. The van der Waals surface area contributed by atoms with Crippen molar-refractivity contribution in [2.24, 2.45) is 0 Å². The SMILES string of the molecule is CCNC(c1cnccn1)C1(OC)CCCC1. The van der Waals surface area contributed by atoms with Crippen LogP contribution in [0.4, 0.5) is 0 Å². The maximum Gasteiger partial charge on any atom is 0.0888 e. The van der Waals surface area contributed by atoms with Crippen molar-refractivity contribution in [3.63, 3.8) is 0 Å². The molecule has 1 N–H and O–H groups in total. The van der Waals surface area contributed by atoms with Gasteiger partial charge < -0.3 is 10.1 Å². The lowest BCUT2D eigenvalue weighted by Crippen LogP contribution is -2.44. The quantitative estimate of drug-likeness (QED) is 0.849. The van der Waals surface area contributed by atoms with Crippen LogP contribution in [0.3, 0.4) is 0 Å². The van der Waals surface area contributed by atoms with Crippen LogP contribution < -0.4 is 5.32 Å². The zero-order valence-corrected chi connectivity index (χ0v) is 10.6. The first-order valence-corrected chi connectivity index (χ1v) is 6.37. The van der Waals surface area contributed by atoms with Crippen molar-refractivity contribution in [1.29, 1.82) is 0 Å². The zero-order chi connectivity index (χ0) is 12.1. The molecule has 1 aromatic rings. The zero-order valence-electron chi connectivity index (χ0n) is 10.6. The lowest BCUT2D eigenvalue weighted by Gasteiger charge is -2.36. The Balaban J connectivity index is 2.27. The summed E-state index contributed by atoms with van der Waals surface area (Å²) in [5.41, 5.74) is 0.879. The normalized spacial score (nSPS) is 20.4. The van der Waals surface area contributed by atoms with Crippen LogP contribution in [-0.4, -0.2) is 29.2 Å². The Morgan fingerprint density at radius 3 is 2.71 bits per heavy atom. The molecule has 1 heterocycles. The molecule has 94 valence electrons. The van der Waals surface area contributed by atoms with Crippen molar-refractivity contribution >= 4 is 0 Å². The summed E-state index contributed by atoms with van der Waals surface area (Å²) in [6.07, 6.45) is 9.95. The molecule has 1 aliphatic rings. The first kappa shape index (κ1) is 12.5. The van der Waals surface area contributed by atoms with Crippen LogP contribution in [0.1, 0.15) is 44.3 Å². The van der Waals surface area contributed by atoms with Crippen LogP contribution >= 0.6 is 0 Å². The number of nitrogens with one attached hydrogen (secondary N) is 1. The predicted molar refractivity (Wildman–Crippen MR) is 66.7 cm³/mol. The minimum atomic E-state index is -0.105. The van der Waals surface area contributed by atoms with Gasteiger partial charge in [0.1, 0.15) is 0 Å². The number of hydrogen-bond donors (Lipinski definition) is 1. The Morgan fingerprint density at radius 1 is 1.41 bits per heavy atom. The molecular weight excluding hydrogens is 214 g/mol. The van der Waals surface area contributed by atoms with Crippen LogP contribution in [0.25, 0.3) is 0 Å². The fourth-order valence-corrected chi connectivity index (χ4v) is 2.81. The molecule has 1 fully saturated rings. The second kappa shape index (κ2) is 5.56. The van der Waals surface area contributed by atoms with Gasteiger partial charge in [0.25, 0.3) is 0 Å². The van der Waals surface area contributed by atoms with Crippen molar-refractivity contribution in [1.82, 2.24) is 15.3 Å². The van der Waals surface area contributed by atoms with E-state index in [1.54, 1.807) is 12.4 Å². The fraction of sp³-hybridized carbons (Fsp3) is 0.692. The van der Waals surface area contributed by atoms with Crippen molar-refractivity contribution < 1.29 is 4.74 Å². The number of hydrogen-bond acceptors (Lipinski definition) is 4. The van der Waals surface area contributed by atoms with Crippen molar-refractivity contribution in [2.45, 2.75) is 44.2 Å². The van der Waals surface area contributed by atoms with Crippen molar-refractivity contribution in [3.8, 4) is 0 Å². The number of methoxy groups -OCH3 is 1. The third kappa shape index (κ3) is 2.48. The van der Waals surface area contributed by atoms with E-state index in [1.807, 2.05) is 13.3 Å². The molecule has 1 aliphatic carbocycles. The maximum absolute atomic E-state index is 5.84. The van der Waals surface area contributed by atoms with E-state index in [0.29, 0.717) is 0 Å². The number of nitrogens with zero attached hydrogens (tertiary/aromatic N) is 2. The summed E-state index contributed by atoms with van der Waals surface area (Å²) in [5.74, 6) is 0. The molecule has 1 saturated carbocycles. The highest BCUT2D eigenvalue weighted by atomic mass is 16.5. The van der Waals surface area contributed by atoms with Gasteiger partial charge in [-0.3, -0.25) is 9.97 Å². The van der Waals surface area contributed by atoms with Gasteiger partial charge in [0.2, 0.25) is 0 Å². The molecule has 0 saturated heterocycles. The molecule has 0 amide bonds. The van der Waals surface area contributed by atoms with E-state index < -0.39 is 0 Å². The lowest BCUT2D eigenvalue weighted by atomic mass is 9.89. The number of likely N-dealkylation sites (N-methyl/N-ethyl adjacent to an activating group) is 1. The van der Waals surface area contributed by atoms with Gasteiger partial charge in [-0.1, -0.05) is 19.8 Å². The third-order valence-corrected chi connectivity index (χ3v) is 3.67. The topological polar surface area (TPSA) is 47.0 Å². The first-order valence-electron chi connectivity index (χ1n) is 6.37. The van der Waals surface area contributed by atoms with Gasteiger partial charge in [0, 0.05) is 19.5 Å². The summed E-state index contributed by atoms with van der Waals surface area (Å²) in [6.45, 7) is 3.02.